The van der Waals surface area contributed by atoms with Gasteiger partial charge >= 0.3 is 0 Å². The summed E-state index contributed by atoms with van der Waals surface area (Å²) in [5, 5.41) is 13.0. The summed E-state index contributed by atoms with van der Waals surface area (Å²) in [7, 11) is -1.96. The zero-order chi connectivity index (χ0) is 22.5. The van der Waals surface area contributed by atoms with Crippen molar-refractivity contribution in [3.63, 3.8) is 0 Å². The summed E-state index contributed by atoms with van der Waals surface area (Å²) in [5.74, 6) is 0.0232. The van der Waals surface area contributed by atoms with Gasteiger partial charge < -0.3 is 4.42 Å². The molecule has 11 heteroatoms. The molecule has 0 radical (unpaired) electrons. The SMILES string of the molecule is Cn1nc(-c2nnc(-c3ccc(F)cc3)o2)c2c1CCN(S(=O)(=O)c1cccc(Cl)c1)C2. The minimum atomic E-state index is -3.75. The number of hydrogen-bond donors (Lipinski definition) is 0. The van der Waals surface area contributed by atoms with Crippen molar-refractivity contribution < 1.29 is 17.2 Å². The zero-order valence-electron chi connectivity index (χ0n) is 16.9. The van der Waals surface area contributed by atoms with Gasteiger partial charge in [0.25, 0.3) is 5.89 Å². The largest absolute Gasteiger partial charge is 0.415 e. The van der Waals surface area contributed by atoms with Crippen LogP contribution in [-0.4, -0.2) is 39.2 Å². The van der Waals surface area contributed by atoms with E-state index in [1.165, 1.54) is 28.6 Å². The molecule has 0 bridgehead atoms. The predicted octanol–water partition coefficient (Wildman–Crippen LogP) is 3.68. The van der Waals surface area contributed by atoms with Gasteiger partial charge in [-0.25, -0.2) is 12.8 Å². The molecule has 0 amide bonds. The summed E-state index contributed by atoms with van der Waals surface area (Å²) in [6, 6.07) is 11.9. The Hall–Kier alpha value is -3.08. The molecule has 0 spiro atoms. The van der Waals surface area contributed by atoms with Crippen LogP contribution in [0.4, 0.5) is 4.39 Å². The van der Waals surface area contributed by atoms with Gasteiger partial charge in [-0.1, -0.05) is 17.7 Å². The van der Waals surface area contributed by atoms with Crippen molar-refractivity contribution in [2.24, 2.45) is 7.05 Å². The molecule has 8 nitrogen and oxygen atoms in total. The molecule has 0 unspecified atom stereocenters. The molecule has 164 valence electrons. The number of rotatable bonds is 4. The van der Waals surface area contributed by atoms with Gasteiger partial charge in [-0.15, -0.1) is 10.2 Å². The van der Waals surface area contributed by atoms with E-state index in [4.69, 9.17) is 16.0 Å². The fourth-order valence-corrected chi connectivity index (χ4v) is 5.46. The quantitative estimate of drug-likeness (QED) is 0.449. The Balaban J connectivity index is 1.50. The third kappa shape index (κ3) is 3.60. The van der Waals surface area contributed by atoms with Crippen molar-refractivity contribution in [1.82, 2.24) is 24.3 Å². The molecule has 5 rings (SSSR count). The van der Waals surface area contributed by atoms with Gasteiger partial charge in [0.15, 0.2) is 5.69 Å². The summed E-state index contributed by atoms with van der Waals surface area (Å²) in [5.41, 5.74) is 2.60. The van der Waals surface area contributed by atoms with Gasteiger partial charge in [-0.2, -0.15) is 9.40 Å². The first kappa shape index (κ1) is 20.8. The van der Waals surface area contributed by atoms with Gasteiger partial charge in [0.05, 0.1) is 4.90 Å². The second-order valence-corrected chi connectivity index (χ2v) is 9.74. The van der Waals surface area contributed by atoms with E-state index in [1.54, 1.807) is 36.0 Å². The van der Waals surface area contributed by atoms with E-state index in [2.05, 4.69) is 15.3 Å². The highest BCUT2D eigenvalue weighted by molar-refractivity contribution is 7.89. The number of halogens is 2. The number of fused-ring (bicyclic) bond motifs is 1. The van der Waals surface area contributed by atoms with Crippen molar-refractivity contribution >= 4 is 21.6 Å². The Kier molecular flexibility index (Phi) is 5.07. The molecule has 0 fully saturated rings. The Morgan fingerprint density at radius 1 is 1.09 bits per heavy atom. The normalized spacial score (nSPS) is 14.5. The van der Waals surface area contributed by atoms with Gasteiger partial charge in [0.2, 0.25) is 15.9 Å². The van der Waals surface area contributed by atoms with E-state index >= 15 is 0 Å². The van der Waals surface area contributed by atoms with Crippen LogP contribution < -0.4 is 0 Å². The molecule has 0 atom stereocenters. The van der Waals surface area contributed by atoms with Gasteiger partial charge in [-0.3, -0.25) is 4.68 Å². The number of aromatic nitrogens is 4. The molecular formula is C21H17ClFN5O3S. The summed E-state index contributed by atoms with van der Waals surface area (Å²) < 4.78 is 48.4. The van der Waals surface area contributed by atoms with Crippen LogP contribution >= 0.6 is 11.6 Å². The van der Waals surface area contributed by atoms with E-state index in [9.17, 15) is 12.8 Å². The Morgan fingerprint density at radius 3 is 2.59 bits per heavy atom. The van der Waals surface area contributed by atoms with Crippen LogP contribution in [-0.2, 0) is 30.0 Å². The average molecular weight is 474 g/mol. The molecule has 2 aromatic carbocycles. The number of benzene rings is 2. The highest BCUT2D eigenvalue weighted by Gasteiger charge is 2.33. The highest BCUT2D eigenvalue weighted by atomic mass is 35.5. The summed E-state index contributed by atoms with van der Waals surface area (Å²) in [6.07, 6.45) is 0.484. The Bertz CT molecular complexity index is 1420. The van der Waals surface area contributed by atoms with E-state index in [0.29, 0.717) is 34.8 Å². The topological polar surface area (TPSA) is 94.1 Å². The lowest BCUT2D eigenvalue weighted by Crippen LogP contribution is -2.36. The summed E-state index contributed by atoms with van der Waals surface area (Å²) in [4.78, 5) is 0.135. The fourth-order valence-electron chi connectivity index (χ4n) is 3.75. The van der Waals surface area contributed by atoms with Crippen molar-refractivity contribution in [2.75, 3.05) is 6.54 Å². The zero-order valence-corrected chi connectivity index (χ0v) is 18.4. The second kappa shape index (κ2) is 7.80. The second-order valence-electron chi connectivity index (χ2n) is 7.36. The van der Waals surface area contributed by atoms with E-state index in [-0.39, 0.29) is 29.0 Å². The molecule has 4 aromatic rings. The third-order valence-electron chi connectivity index (χ3n) is 5.36. The van der Waals surface area contributed by atoms with E-state index in [1.807, 2.05) is 0 Å². The molecule has 32 heavy (non-hydrogen) atoms. The van der Waals surface area contributed by atoms with Crippen molar-refractivity contribution in [2.45, 2.75) is 17.9 Å². The molecule has 2 aromatic heterocycles. The Labute approximate surface area is 188 Å². The van der Waals surface area contributed by atoms with Crippen molar-refractivity contribution in [1.29, 1.82) is 0 Å². The molecule has 1 aliphatic heterocycles. The third-order valence-corrected chi connectivity index (χ3v) is 7.44. The summed E-state index contributed by atoms with van der Waals surface area (Å²) in [6.45, 7) is 0.424. The number of hydrogen-bond acceptors (Lipinski definition) is 6. The molecule has 0 saturated carbocycles. The van der Waals surface area contributed by atoms with Crippen LogP contribution in [0, 0.1) is 5.82 Å². The van der Waals surface area contributed by atoms with Crippen LogP contribution in [0.1, 0.15) is 11.3 Å². The first-order chi connectivity index (χ1) is 15.3. The monoisotopic (exact) mass is 473 g/mol. The fraction of sp³-hybridized carbons (Fsp3) is 0.190. The molecule has 3 heterocycles. The van der Waals surface area contributed by atoms with Gasteiger partial charge in [0, 0.05) is 48.4 Å². The van der Waals surface area contributed by atoms with Crippen LogP contribution in [0.2, 0.25) is 5.02 Å². The molecule has 0 aliphatic carbocycles. The highest BCUT2D eigenvalue weighted by Crippen LogP contribution is 2.33. The average Bonchev–Trinajstić information content (AvgIpc) is 3.39. The maximum atomic E-state index is 13.2. The van der Waals surface area contributed by atoms with Crippen LogP contribution in [0.3, 0.4) is 0 Å². The first-order valence-electron chi connectivity index (χ1n) is 9.73. The lowest BCUT2D eigenvalue weighted by Gasteiger charge is -2.26. The van der Waals surface area contributed by atoms with Gasteiger partial charge in [-0.05, 0) is 42.5 Å². The van der Waals surface area contributed by atoms with Crippen LogP contribution in [0.5, 0.6) is 0 Å². The van der Waals surface area contributed by atoms with E-state index < -0.39 is 10.0 Å². The van der Waals surface area contributed by atoms with E-state index in [0.717, 1.165) is 5.69 Å². The molecular weight excluding hydrogens is 457 g/mol. The lowest BCUT2D eigenvalue weighted by molar-refractivity contribution is 0.386. The van der Waals surface area contributed by atoms with Crippen molar-refractivity contribution in [3.8, 4) is 23.0 Å². The smallest absolute Gasteiger partial charge is 0.268 e. The lowest BCUT2D eigenvalue weighted by atomic mass is 10.1. The van der Waals surface area contributed by atoms with Crippen LogP contribution in [0.15, 0.2) is 57.8 Å². The predicted molar refractivity (Wildman–Crippen MR) is 115 cm³/mol. The number of sulfonamides is 1. The van der Waals surface area contributed by atoms with Crippen molar-refractivity contribution in [3.05, 3.63) is 70.6 Å². The molecule has 1 aliphatic rings. The number of aryl methyl sites for hydroxylation is 1. The van der Waals surface area contributed by atoms with Crippen LogP contribution in [0.25, 0.3) is 23.0 Å². The standard InChI is InChI=1S/C21H17ClFN5O3S/c1-27-18-9-10-28(32(29,30)16-4-2-3-14(22)11-16)12-17(18)19(26-27)21-25-24-20(31-21)13-5-7-15(23)8-6-13/h2-8,11H,9-10,12H2,1H3. The molecule has 0 saturated heterocycles. The minimum absolute atomic E-state index is 0.113. The maximum Gasteiger partial charge on any atom is 0.268 e. The minimum Gasteiger partial charge on any atom is -0.415 e. The molecule has 0 N–H and O–H groups in total. The first-order valence-corrected chi connectivity index (χ1v) is 11.5. The maximum absolute atomic E-state index is 13.2. The summed E-state index contributed by atoms with van der Waals surface area (Å²) >= 11 is 6.00. The Morgan fingerprint density at radius 2 is 1.84 bits per heavy atom. The van der Waals surface area contributed by atoms with Gasteiger partial charge in [0.1, 0.15) is 5.82 Å². The number of nitrogens with zero attached hydrogens (tertiary/aromatic N) is 5.